The average Bonchev–Trinajstić information content (AvgIpc) is 3.56. The van der Waals surface area contributed by atoms with Crippen LogP contribution in [0.5, 0.6) is 5.75 Å². The van der Waals surface area contributed by atoms with Gasteiger partial charge in [0.05, 0.1) is 11.4 Å². The minimum absolute atomic E-state index is 0.0879. The molecule has 0 saturated carbocycles. The van der Waals surface area contributed by atoms with E-state index in [0.29, 0.717) is 5.76 Å². The summed E-state index contributed by atoms with van der Waals surface area (Å²) in [7, 11) is 0. The number of halogens is 2. The van der Waals surface area contributed by atoms with E-state index in [1.165, 1.54) is 12.1 Å². The van der Waals surface area contributed by atoms with Gasteiger partial charge in [0.2, 0.25) is 0 Å². The van der Waals surface area contributed by atoms with Crippen LogP contribution in [0.15, 0.2) is 102 Å². The van der Waals surface area contributed by atoms with E-state index in [9.17, 15) is 13.6 Å². The lowest BCUT2D eigenvalue weighted by molar-refractivity contribution is 0.0919. The Morgan fingerprint density at radius 1 is 0.944 bits per heavy atom. The van der Waals surface area contributed by atoms with Crippen LogP contribution < -0.4 is 10.1 Å². The number of hydrogen-bond donors (Lipinski definition) is 1. The molecule has 6 nitrogen and oxygen atoms in total. The van der Waals surface area contributed by atoms with Crippen LogP contribution in [0, 0.1) is 11.6 Å². The molecular formula is C28H21F2N3O3. The second-order valence-electron chi connectivity index (χ2n) is 7.96. The van der Waals surface area contributed by atoms with Gasteiger partial charge in [-0.3, -0.25) is 4.79 Å². The molecule has 2 heterocycles. The van der Waals surface area contributed by atoms with E-state index in [1.54, 1.807) is 10.7 Å². The van der Waals surface area contributed by atoms with Crippen molar-refractivity contribution in [3.63, 3.8) is 0 Å². The van der Waals surface area contributed by atoms with Crippen LogP contribution in [0.1, 0.15) is 21.9 Å². The number of ether oxygens (including phenoxy) is 1. The number of carbonyl (C=O) groups excluding carboxylic acids is 1. The van der Waals surface area contributed by atoms with E-state index in [-0.39, 0.29) is 24.7 Å². The normalized spacial score (nSPS) is 10.8. The predicted octanol–water partition coefficient (Wildman–Crippen LogP) is 5.92. The maximum Gasteiger partial charge on any atom is 0.287 e. The Hall–Kier alpha value is -4.72. The summed E-state index contributed by atoms with van der Waals surface area (Å²) in [6.07, 6.45) is 1.89. The molecule has 0 aliphatic rings. The molecule has 0 aliphatic carbocycles. The number of benzene rings is 3. The van der Waals surface area contributed by atoms with Gasteiger partial charge >= 0.3 is 0 Å². The second kappa shape index (κ2) is 10.3. The highest BCUT2D eigenvalue weighted by atomic mass is 19.1. The fourth-order valence-corrected chi connectivity index (χ4v) is 3.67. The van der Waals surface area contributed by atoms with Crippen molar-refractivity contribution in [2.45, 2.75) is 13.2 Å². The quantitative estimate of drug-likeness (QED) is 0.296. The molecule has 0 atom stereocenters. The molecule has 1 amide bonds. The van der Waals surface area contributed by atoms with Crippen LogP contribution >= 0.6 is 0 Å². The fraction of sp³-hybridized carbons (Fsp3) is 0.0714. The highest BCUT2D eigenvalue weighted by molar-refractivity contribution is 5.91. The molecule has 0 bridgehead atoms. The molecule has 0 saturated heterocycles. The molecule has 0 aliphatic heterocycles. The van der Waals surface area contributed by atoms with Crippen molar-refractivity contribution < 1.29 is 22.7 Å². The number of amides is 1. The maximum atomic E-state index is 13.7. The molecule has 5 aromatic rings. The fourth-order valence-electron chi connectivity index (χ4n) is 3.67. The zero-order valence-electron chi connectivity index (χ0n) is 19.0. The van der Waals surface area contributed by atoms with Gasteiger partial charge in [-0.15, -0.1) is 0 Å². The SMILES string of the molecule is O=C(NCc1cn(-c2ccccc2)nc1-c1ccccc1)c1ccc(COc2ccc(F)cc2F)o1. The third-order valence-corrected chi connectivity index (χ3v) is 5.45. The summed E-state index contributed by atoms with van der Waals surface area (Å²) in [5.41, 5.74) is 3.43. The third-order valence-electron chi connectivity index (χ3n) is 5.45. The summed E-state index contributed by atoms with van der Waals surface area (Å²) < 4.78 is 39.5. The Morgan fingerprint density at radius 3 is 2.44 bits per heavy atom. The summed E-state index contributed by atoms with van der Waals surface area (Å²) in [6, 6.07) is 25.6. The largest absolute Gasteiger partial charge is 0.483 e. The number of furan rings is 1. The van der Waals surface area contributed by atoms with Gasteiger partial charge in [0.1, 0.15) is 18.2 Å². The Kier molecular flexibility index (Phi) is 6.57. The minimum atomic E-state index is -0.815. The van der Waals surface area contributed by atoms with Crippen LogP contribution in [-0.4, -0.2) is 15.7 Å². The number of hydrogen-bond acceptors (Lipinski definition) is 4. The van der Waals surface area contributed by atoms with E-state index in [1.807, 2.05) is 66.9 Å². The van der Waals surface area contributed by atoms with Crippen LogP contribution in [-0.2, 0) is 13.2 Å². The van der Waals surface area contributed by atoms with E-state index in [4.69, 9.17) is 14.3 Å². The zero-order chi connectivity index (χ0) is 24.9. The Morgan fingerprint density at radius 2 is 1.69 bits per heavy atom. The number of nitrogens with zero attached hydrogens (tertiary/aromatic N) is 2. The maximum absolute atomic E-state index is 13.7. The van der Waals surface area contributed by atoms with Gasteiger partial charge in [-0.1, -0.05) is 48.5 Å². The summed E-state index contributed by atoms with van der Waals surface area (Å²) in [5.74, 6) is -1.62. The van der Waals surface area contributed by atoms with Gasteiger partial charge in [-0.25, -0.2) is 13.5 Å². The van der Waals surface area contributed by atoms with Crippen molar-refractivity contribution in [1.82, 2.24) is 15.1 Å². The molecule has 0 spiro atoms. The molecule has 0 fully saturated rings. The van der Waals surface area contributed by atoms with Gasteiger partial charge in [0.15, 0.2) is 17.3 Å². The first-order chi connectivity index (χ1) is 17.6. The first-order valence-electron chi connectivity index (χ1n) is 11.2. The van der Waals surface area contributed by atoms with Crippen molar-refractivity contribution in [2.75, 3.05) is 0 Å². The van der Waals surface area contributed by atoms with Crippen LogP contribution in [0.4, 0.5) is 8.78 Å². The number of carbonyl (C=O) groups is 1. The second-order valence-corrected chi connectivity index (χ2v) is 7.96. The summed E-state index contributed by atoms with van der Waals surface area (Å²) >= 11 is 0. The van der Waals surface area contributed by atoms with E-state index in [0.717, 1.165) is 34.6 Å². The lowest BCUT2D eigenvalue weighted by Gasteiger charge is -2.06. The van der Waals surface area contributed by atoms with Crippen molar-refractivity contribution in [3.05, 3.63) is 126 Å². The molecule has 0 radical (unpaired) electrons. The first kappa shape index (κ1) is 23.0. The molecule has 3 aromatic carbocycles. The molecule has 0 unspecified atom stereocenters. The number of nitrogens with one attached hydrogen (secondary N) is 1. The zero-order valence-corrected chi connectivity index (χ0v) is 19.0. The smallest absolute Gasteiger partial charge is 0.287 e. The number of para-hydroxylation sites is 1. The number of aromatic nitrogens is 2. The summed E-state index contributed by atoms with van der Waals surface area (Å²) in [5, 5.41) is 7.61. The molecule has 5 rings (SSSR count). The van der Waals surface area contributed by atoms with Crippen molar-refractivity contribution in [3.8, 4) is 22.7 Å². The standard InChI is InChI=1S/C28H21F2N3O3/c29-21-11-13-25(24(30)15-21)35-18-23-12-14-26(36-23)28(34)31-16-20-17-33(22-9-5-2-6-10-22)32-27(20)19-7-3-1-4-8-19/h1-15,17H,16,18H2,(H,31,34). The topological polar surface area (TPSA) is 69.3 Å². The van der Waals surface area contributed by atoms with Gasteiger partial charge in [-0.2, -0.15) is 5.10 Å². The van der Waals surface area contributed by atoms with Crippen molar-refractivity contribution in [1.29, 1.82) is 0 Å². The van der Waals surface area contributed by atoms with Crippen molar-refractivity contribution >= 4 is 5.91 Å². The van der Waals surface area contributed by atoms with Crippen molar-refractivity contribution in [2.24, 2.45) is 0 Å². The van der Waals surface area contributed by atoms with Crippen LogP contribution in [0.25, 0.3) is 16.9 Å². The third kappa shape index (κ3) is 5.17. The highest BCUT2D eigenvalue weighted by Crippen LogP contribution is 2.24. The highest BCUT2D eigenvalue weighted by Gasteiger charge is 2.16. The predicted molar refractivity (Wildman–Crippen MR) is 130 cm³/mol. The van der Waals surface area contributed by atoms with Gasteiger partial charge in [0.25, 0.3) is 5.91 Å². The van der Waals surface area contributed by atoms with Crippen LogP contribution in [0.3, 0.4) is 0 Å². The lowest BCUT2D eigenvalue weighted by Crippen LogP contribution is -2.22. The molecular weight excluding hydrogens is 464 g/mol. The van der Waals surface area contributed by atoms with Gasteiger partial charge < -0.3 is 14.5 Å². The van der Waals surface area contributed by atoms with E-state index < -0.39 is 17.5 Å². The molecule has 2 aromatic heterocycles. The Labute approximate surface area is 205 Å². The van der Waals surface area contributed by atoms with Crippen LogP contribution in [0.2, 0.25) is 0 Å². The minimum Gasteiger partial charge on any atom is -0.483 e. The average molecular weight is 485 g/mol. The lowest BCUT2D eigenvalue weighted by atomic mass is 10.1. The molecule has 180 valence electrons. The monoisotopic (exact) mass is 485 g/mol. The van der Waals surface area contributed by atoms with E-state index >= 15 is 0 Å². The molecule has 36 heavy (non-hydrogen) atoms. The Balaban J connectivity index is 1.28. The Bertz CT molecular complexity index is 1480. The molecule has 1 N–H and O–H groups in total. The first-order valence-corrected chi connectivity index (χ1v) is 11.2. The van der Waals surface area contributed by atoms with Gasteiger partial charge in [0, 0.05) is 29.9 Å². The van der Waals surface area contributed by atoms with E-state index in [2.05, 4.69) is 5.32 Å². The number of rotatable bonds is 8. The molecule has 8 heteroatoms. The summed E-state index contributed by atoms with van der Waals surface area (Å²) in [4.78, 5) is 12.7. The summed E-state index contributed by atoms with van der Waals surface area (Å²) in [6.45, 7) is 0.112. The van der Waals surface area contributed by atoms with Gasteiger partial charge in [-0.05, 0) is 36.4 Å².